The summed E-state index contributed by atoms with van der Waals surface area (Å²) < 4.78 is 0. The molecule has 1 aliphatic heterocycles. The Morgan fingerprint density at radius 1 is 1.29 bits per heavy atom. The second kappa shape index (κ2) is 6.18. The molecule has 2 unspecified atom stereocenters. The van der Waals surface area contributed by atoms with Crippen LogP contribution in [-0.4, -0.2) is 5.91 Å². The number of amides is 1. The summed E-state index contributed by atoms with van der Waals surface area (Å²) in [6, 6.07) is 6.26. The maximum absolute atomic E-state index is 12.0. The number of hydrogen-bond donors (Lipinski definition) is 2. The molecule has 1 aromatic rings. The number of nitrogens with two attached hydrogens (primary N) is 1. The van der Waals surface area contributed by atoms with Gasteiger partial charge < -0.3 is 11.1 Å². The zero-order valence-corrected chi connectivity index (χ0v) is 13.7. The van der Waals surface area contributed by atoms with Gasteiger partial charge in [-0.3, -0.25) is 4.79 Å². The lowest BCUT2D eigenvalue weighted by Gasteiger charge is -2.24. The Labute approximate surface area is 128 Å². The summed E-state index contributed by atoms with van der Waals surface area (Å²) in [6.45, 7) is 8.37. The number of benzene rings is 1. The highest BCUT2D eigenvalue weighted by Gasteiger charge is 2.38. The predicted molar refractivity (Wildman–Crippen MR) is 88.3 cm³/mol. The van der Waals surface area contributed by atoms with Crippen LogP contribution >= 0.6 is 0 Å². The second-order valence-corrected chi connectivity index (χ2v) is 6.72. The molecule has 0 saturated carbocycles. The molecule has 0 fully saturated rings. The number of carbonyl (C=O) groups excluding carboxylic acids is 1. The molecule has 1 aromatic carbocycles. The monoisotopic (exact) mass is 288 g/mol. The zero-order valence-electron chi connectivity index (χ0n) is 13.7. The third kappa shape index (κ3) is 2.98. The first kappa shape index (κ1) is 16.0. The number of nitrogens with one attached hydrogen (secondary N) is 1. The molecule has 1 aliphatic rings. The third-order valence-corrected chi connectivity index (χ3v) is 4.88. The molecule has 2 rings (SSSR count). The first-order valence-corrected chi connectivity index (χ1v) is 8.13. The minimum absolute atomic E-state index is 0.0540. The molecule has 21 heavy (non-hydrogen) atoms. The molecule has 1 amide bonds. The number of rotatable bonds is 6. The van der Waals surface area contributed by atoms with Crippen LogP contribution in [0.1, 0.15) is 70.5 Å². The van der Waals surface area contributed by atoms with Gasteiger partial charge in [0.15, 0.2) is 0 Å². The number of fused-ring (bicyclic) bond motifs is 1. The Morgan fingerprint density at radius 2 is 2.00 bits per heavy atom. The molecule has 3 N–H and O–H groups in total. The smallest absolute Gasteiger partial charge is 0.234 e. The van der Waals surface area contributed by atoms with Crippen LogP contribution < -0.4 is 11.1 Å². The van der Waals surface area contributed by atoms with E-state index in [1.54, 1.807) is 0 Å². The number of hydrogen-bond acceptors (Lipinski definition) is 2. The van der Waals surface area contributed by atoms with Crippen molar-refractivity contribution in [2.45, 2.75) is 64.8 Å². The van der Waals surface area contributed by atoms with Gasteiger partial charge in [-0.05, 0) is 43.4 Å². The standard InChI is InChI=1S/C18H28N2O/c1-5-7-8-12(6-2)16(19)13-9-10-15-14(11-13)18(3,4)17(21)20-15/h9-12,16H,5-8,19H2,1-4H3,(H,20,21). The summed E-state index contributed by atoms with van der Waals surface area (Å²) in [6.07, 6.45) is 4.70. The van der Waals surface area contributed by atoms with E-state index in [2.05, 4.69) is 31.3 Å². The lowest BCUT2D eigenvalue weighted by molar-refractivity contribution is -0.119. The van der Waals surface area contributed by atoms with Gasteiger partial charge in [0.2, 0.25) is 5.91 Å². The number of unbranched alkanes of at least 4 members (excludes halogenated alkanes) is 1. The average molecular weight is 288 g/mol. The van der Waals surface area contributed by atoms with Gasteiger partial charge >= 0.3 is 0 Å². The first-order chi connectivity index (χ1) is 9.91. The van der Waals surface area contributed by atoms with E-state index in [0.29, 0.717) is 5.92 Å². The highest BCUT2D eigenvalue weighted by molar-refractivity contribution is 6.05. The van der Waals surface area contributed by atoms with Crippen LogP contribution in [0, 0.1) is 5.92 Å². The van der Waals surface area contributed by atoms with Crippen LogP contribution in [0.3, 0.4) is 0 Å². The molecule has 0 spiro atoms. The van der Waals surface area contributed by atoms with Gasteiger partial charge in [-0.15, -0.1) is 0 Å². The van der Waals surface area contributed by atoms with Crippen LogP contribution in [0.15, 0.2) is 18.2 Å². The highest BCUT2D eigenvalue weighted by atomic mass is 16.2. The molecule has 3 nitrogen and oxygen atoms in total. The Hall–Kier alpha value is -1.35. The third-order valence-electron chi connectivity index (χ3n) is 4.88. The maximum atomic E-state index is 12.0. The minimum Gasteiger partial charge on any atom is -0.325 e. The van der Waals surface area contributed by atoms with Crippen molar-refractivity contribution in [2.75, 3.05) is 5.32 Å². The van der Waals surface area contributed by atoms with Crippen molar-refractivity contribution in [2.24, 2.45) is 11.7 Å². The quantitative estimate of drug-likeness (QED) is 0.827. The van der Waals surface area contributed by atoms with E-state index in [9.17, 15) is 4.79 Å². The Morgan fingerprint density at radius 3 is 2.62 bits per heavy atom. The van der Waals surface area contributed by atoms with Crippen LogP contribution in [0.5, 0.6) is 0 Å². The molecule has 3 heteroatoms. The lowest BCUT2D eigenvalue weighted by Crippen LogP contribution is -2.27. The predicted octanol–water partition coefficient (Wildman–Crippen LogP) is 4.13. The molecule has 0 aliphatic carbocycles. The normalized spacial score (nSPS) is 19.0. The van der Waals surface area contributed by atoms with Crippen molar-refractivity contribution >= 4 is 11.6 Å². The van der Waals surface area contributed by atoms with Crippen LogP contribution in [0.25, 0.3) is 0 Å². The Bertz CT molecular complexity index is 522. The molecule has 0 radical (unpaired) electrons. The summed E-state index contributed by atoms with van der Waals surface area (Å²) in [5, 5.41) is 2.95. The van der Waals surface area contributed by atoms with Crippen molar-refractivity contribution in [3.63, 3.8) is 0 Å². The fourth-order valence-corrected chi connectivity index (χ4v) is 3.17. The fraction of sp³-hybridized carbons (Fsp3) is 0.611. The van der Waals surface area contributed by atoms with Crippen LogP contribution in [0.2, 0.25) is 0 Å². The van der Waals surface area contributed by atoms with Gasteiger partial charge in [0.1, 0.15) is 0 Å². The van der Waals surface area contributed by atoms with E-state index in [4.69, 9.17) is 5.73 Å². The van der Waals surface area contributed by atoms with E-state index in [0.717, 1.165) is 23.2 Å². The highest BCUT2D eigenvalue weighted by Crippen LogP contribution is 2.39. The summed E-state index contributed by atoms with van der Waals surface area (Å²) in [5.41, 5.74) is 9.20. The summed E-state index contributed by atoms with van der Waals surface area (Å²) in [4.78, 5) is 12.0. The van der Waals surface area contributed by atoms with Crippen molar-refractivity contribution in [1.82, 2.24) is 0 Å². The largest absolute Gasteiger partial charge is 0.325 e. The van der Waals surface area contributed by atoms with Gasteiger partial charge in [0, 0.05) is 11.7 Å². The van der Waals surface area contributed by atoms with Gasteiger partial charge in [-0.1, -0.05) is 45.2 Å². The Balaban J connectivity index is 2.26. The lowest BCUT2D eigenvalue weighted by atomic mass is 9.82. The van der Waals surface area contributed by atoms with E-state index in [-0.39, 0.29) is 11.9 Å². The van der Waals surface area contributed by atoms with Crippen molar-refractivity contribution < 1.29 is 4.79 Å². The topological polar surface area (TPSA) is 55.1 Å². The second-order valence-electron chi connectivity index (χ2n) is 6.72. The SMILES string of the molecule is CCCCC(CC)C(N)c1ccc2c(c1)C(C)(C)C(=O)N2. The molecule has 116 valence electrons. The van der Waals surface area contributed by atoms with E-state index in [1.165, 1.54) is 19.3 Å². The van der Waals surface area contributed by atoms with E-state index >= 15 is 0 Å². The van der Waals surface area contributed by atoms with E-state index < -0.39 is 5.41 Å². The molecule has 0 aromatic heterocycles. The zero-order chi connectivity index (χ0) is 15.6. The molecule has 0 bridgehead atoms. The van der Waals surface area contributed by atoms with Gasteiger partial charge in [0.25, 0.3) is 0 Å². The Kier molecular flexibility index (Phi) is 4.72. The van der Waals surface area contributed by atoms with Gasteiger partial charge in [-0.25, -0.2) is 0 Å². The van der Waals surface area contributed by atoms with Gasteiger partial charge in [0.05, 0.1) is 5.41 Å². The molecular weight excluding hydrogens is 260 g/mol. The van der Waals surface area contributed by atoms with Crippen molar-refractivity contribution in [1.29, 1.82) is 0 Å². The molecular formula is C18H28N2O. The fourth-order valence-electron chi connectivity index (χ4n) is 3.17. The van der Waals surface area contributed by atoms with Crippen molar-refractivity contribution in [3.05, 3.63) is 29.3 Å². The average Bonchev–Trinajstić information content (AvgIpc) is 2.69. The number of carbonyl (C=O) groups is 1. The summed E-state index contributed by atoms with van der Waals surface area (Å²) in [5.74, 6) is 0.581. The summed E-state index contributed by atoms with van der Waals surface area (Å²) >= 11 is 0. The van der Waals surface area contributed by atoms with Crippen LogP contribution in [-0.2, 0) is 10.2 Å². The first-order valence-electron chi connectivity index (χ1n) is 8.13. The molecule has 1 heterocycles. The van der Waals surface area contributed by atoms with E-state index in [1.807, 2.05) is 19.9 Å². The molecule has 0 saturated heterocycles. The van der Waals surface area contributed by atoms with Crippen molar-refractivity contribution in [3.8, 4) is 0 Å². The van der Waals surface area contributed by atoms with Gasteiger partial charge in [-0.2, -0.15) is 0 Å². The number of anilines is 1. The molecule has 2 atom stereocenters. The summed E-state index contributed by atoms with van der Waals surface area (Å²) in [7, 11) is 0. The maximum Gasteiger partial charge on any atom is 0.234 e. The minimum atomic E-state index is -0.462. The van der Waals surface area contributed by atoms with Crippen LogP contribution in [0.4, 0.5) is 5.69 Å².